The number of rotatable bonds is 28. The van der Waals surface area contributed by atoms with Gasteiger partial charge in [0.05, 0.1) is 0 Å². The smallest absolute Gasteiger partial charge is 0.0215 e. The standard InChI is InChI=1S/C107H126/c1-67(2)43-51-104(52-44-68(3)4)95-33-25-21-29-81(95)89-59-75(37-41-97(89)104)85-63-91-92-64-86(76-38-42-98-90(60-76)82-30-22-26-34-96(82)105(98,53-45-69(5)6)54-46-70(7)8)88(78-36-40-84-80-28-20-24-32-94(80)107(102(84)62-78,57-49-73(13)14)58-50-74(15)16)66-100(92)103(17,18)99(91)65-87(85)77-35-39-83-79-27-19-23-31-93(79)106(101(83)61-77,55-47-71(9)10)56-48-72(11)12/h19-42,59-74H,43-58H2,1-18H3. The van der Waals surface area contributed by atoms with E-state index in [2.05, 4.69) is 319 Å². The van der Waals surface area contributed by atoms with Gasteiger partial charge in [-0.15, -0.1) is 0 Å². The van der Waals surface area contributed by atoms with Gasteiger partial charge in [-0.3, -0.25) is 0 Å². The molecule has 15 rings (SSSR count). The normalized spacial score (nSPS) is 15.9. The molecule has 0 fully saturated rings. The summed E-state index contributed by atoms with van der Waals surface area (Å²) >= 11 is 0. The third kappa shape index (κ3) is 13.0. The van der Waals surface area contributed by atoms with Crippen LogP contribution in [-0.4, -0.2) is 0 Å². The van der Waals surface area contributed by atoms with Crippen LogP contribution in [0.3, 0.4) is 0 Å². The number of hydrogen-bond donors (Lipinski definition) is 0. The minimum absolute atomic E-state index is 0.0309. The van der Waals surface area contributed by atoms with Crippen LogP contribution < -0.4 is 0 Å². The summed E-state index contributed by atoms with van der Waals surface area (Å²) in [7, 11) is 0. The monoisotopic (exact) mass is 1410 g/mol. The van der Waals surface area contributed by atoms with Crippen LogP contribution in [0.2, 0.25) is 0 Å². The number of fused-ring (bicyclic) bond motifs is 15. The Balaban J connectivity index is 0.995. The third-order valence-corrected chi connectivity index (χ3v) is 27.5. The van der Waals surface area contributed by atoms with Gasteiger partial charge in [-0.1, -0.05) is 270 Å². The first-order valence-corrected chi connectivity index (χ1v) is 42.7. The van der Waals surface area contributed by atoms with Crippen molar-refractivity contribution in [3.63, 3.8) is 0 Å². The zero-order valence-corrected chi connectivity index (χ0v) is 68.9. The molecule has 10 aromatic carbocycles. The highest BCUT2D eigenvalue weighted by atomic mass is 14.5. The Kier molecular flexibility index (Phi) is 20.4. The highest BCUT2D eigenvalue weighted by Crippen LogP contribution is 2.63. The quantitative estimate of drug-likeness (QED) is 0.0458. The molecule has 0 aliphatic heterocycles. The SMILES string of the molecule is CC(C)CCC1(CCC(C)C)c2ccccc2-c2cc(-c3cc4c(cc3-c3ccc5c(c3)C(CCC(C)C)(CCC(C)C)c3ccccc3-5)C(C)(C)c3cc(-c5ccc6c(c5)C(CCC(C)C)(CCC(C)C)c5ccccc5-6)c(-c5ccc6c(c5)-c5ccccc5C6(CCC(C)C)CCC(C)C)cc3-4)ccc21. The molecule has 107 heavy (non-hydrogen) atoms. The molecule has 0 radical (unpaired) electrons. The average Bonchev–Trinajstić information content (AvgIpc) is 1.56. The molecule has 0 spiro atoms. The molecular formula is C107H126. The fourth-order valence-electron chi connectivity index (χ4n) is 21.2. The predicted molar refractivity (Wildman–Crippen MR) is 463 cm³/mol. The Morgan fingerprint density at radius 2 is 0.383 bits per heavy atom. The Morgan fingerprint density at radius 3 is 0.664 bits per heavy atom. The summed E-state index contributed by atoms with van der Waals surface area (Å²) in [6, 6.07) is 80.5. The summed E-state index contributed by atoms with van der Waals surface area (Å²) in [6.07, 6.45) is 18.8. The third-order valence-electron chi connectivity index (χ3n) is 27.5. The largest absolute Gasteiger partial charge is 0.0628 e. The summed E-state index contributed by atoms with van der Waals surface area (Å²) in [5, 5.41) is 0. The highest BCUT2D eigenvalue weighted by molar-refractivity contribution is 6.00. The van der Waals surface area contributed by atoms with Gasteiger partial charge in [0.25, 0.3) is 0 Å². The highest BCUT2D eigenvalue weighted by Gasteiger charge is 2.48. The fraction of sp³-hybridized carbons (Fsp3) is 0.439. The van der Waals surface area contributed by atoms with Crippen molar-refractivity contribution < 1.29 is 0 Å². The lowest BCUT2D eigenvalue weighted by Crippen LogP contribution is -2.26. The second-order valence-corrected chi connectivity index (χ2v) is 38.5. The van der Waals surface area contributed by atoms with E-state index in [-0.39, 0.29) is 27.1 Å². The van der Waals surface area contributed by atoms with Crippen LogP contribution in [0.1, 0.15) is 283 Å². The maximum atomic E-state index is 2.72. The van der Waals surface area contributed by atoms with E-state index in [0.717, 1.165) is 51.4 Å². The van der Waals surface area contributed by atoms with Crippen molar-refractivity contribution in [1.82, 2.24) is 0 Å². The van der Waals surface area contributed by atoms with Gasteiger partial charge in [0, 0.05) is 27.1 Å². The molecule has 5 aliphatic carbocycles. The molecule has 0 atom stereocenters. The second-order valence-electron chi connectivity index (χ2n) is 38.5. The molecule has 0 N–H and O–H groups in total. The van der Waals surface area contributed by atoms with Crippen molar-refractivity contribution in [3.05, 3.63) is 250 Å². The number of benzene rings is 10. The van der Waals surface area contributed by atoms with Gasteiger partial charge in [-0.2, -0.15) is 0 Å². The van der Waals surface area contributed by atoms with E-state index in [1.807, 2.05) is 0 Å². The summed E-state index contributed by atoms with van der Waals surface area (Å²) in [6.45, 7) is 44.0. The van der Waals surface area contributed by atoms with E-state index in [9.17, 15) is 0 Å². The average molecular weight is 1410 g/mol. The minimum atomic E-state index is -0.339. The lowest BCUT2D eigenvalue weighted by Gasteiger charge is -2.34. The molecule has 10 aromatic rings. The van der Waals surface area contributed by atoms with Gasteiger partial charge in [0.15, 0.2) is 0 Å². The van der Waals surface area contributed by atoms with Gasteiger partial charge in [0.2, 0.25) is 0 Å². The Morgan fingerprint density at radius 1 is 0.178 bits per heavy atom. The Bertz CT molecular complexity index is 4600. The molecule has 0 saturated carbocycles. The fourth-order valence-corrected chi connectivity index (χ4v) is 21.2. The van der Waals surface area contributed by atoms with E-state index in [4.69, 9.17) is 0 Å². The van der Waals surface area contributed by atoms with Gasteiger partial charge in [0.1, 0.15) is 0 Å². The van der Waals surface area contributed by atoms with Gasteiger partial charge >= 0.3 is 0 Å². The predicted octanol–water partition coefficient (Wildman–Crippen LogP) is 31.2. The number of hydrogen-bond acceptors (Lipinski definition) is 0. The summed E-state index contributed by atoms with van der Waals surface area (Å²) in [5.41, 5.74) is 39.4. The van der Waals surface area contributed by atoms with E-state index >= 15 is 0 Å². The molecule has 0 unspecified atom stereocenters. The molecule has 0 bridgehead atoms. The summed E-state index contributed by atoms with van der Waals surface area (Å²) in [4.78, 5) is 0. The minimum Gasteiger partial charge on any atom is -0.0628 e. The van der Waals surface area contributed by atoms with E-state index < -0.39 is 0 Å². The van der Waals surface area contributed by atoms with Crippen LogP contribution in [0, 0.1) is 47.3 Å². The zero-order chi connectivity index (χ0) is 75.2. The van der Waals surface area contributed by atoms with Crippen molar-refractivity contribution in [2.45, 2.75) is 254 Å². The second kappa shape index (κ2) is 29.2. The molecule has 0 heterocycles. The first-order valence-electron chi connectivity index (χ1n) is 42.7. The van der Waals surface area contributed by atoms with Crippen LogP contribution >= 0.6 is 0 Å². The van der Waals surface area contributed by atoms with E-state index in [1.54, 1.807) is 0 Å². The van der Waals surface area contributed by atoms with Crippen LogP contribution in [0.4, 0.5) is 0 Å². The van der Waals surface area contributed by atoms with Crippen molar-refractivity contribution >= 4 is 0 Å². The molecular weight excluding hydrogens is 1290 g/mol. The molecule has 554 valence electrons. The van der Waals surface area contributed by atoms with Crippen molar-refractivity contribution in [2.75, 3.05) is 0 Å². The molecule has 0 nitrogen and oxygen atoms in total. The van der Waals surface area contributed by atoms with Crippen molar-refractivity contribution in [2.24, 2.45) is 47.3 Å². The van der Waals surface area contributed by atoms with Crippen molar-refractivity contribution in [3.8, 4) is 100 Å². The van der Waals surface area contributed by atoms with Gasteiger partial charge in [-0.05, 0) is 354 Å². The molecule has 0 saturated heterocycles. The van der Waals surface area contributed by atoms with Crippen LogP contribution in [0.5, 0.6) is 0 Å². The maximum absolute atomic E-state index is 2.72. The summed E-state index contributed by atoms with van der Waals surface area (Å²) < 4.78 is 0. The molecule has 0 amide bonds. The van der Waals surface area contributed by atoms with Crippen LogP contribution in [-0.2, 0) is 27.1 Å². The molecule has 5 aliphatic rings. The van der Waals surface area contributed by atoms with Gasteiger partial charge in [-0.25, -0.2) is 0 Å². The Hall–Kier alpha value is -7.80. The lowest BCUT2D eigenvalue weighted by molar-refractivity contribution is 0.364. The van der Waals surface area contributed by atoms with Crippen LogP contribution in [0.25, 0.3) is 100 Å². The zero-order valence-electron chi connectivity index (χ0n) is 68.9. The first-order chi connectivity index (χ1) is 51.3. The Labute approximate surface area is 647 Å². The van der Waals surface area contributed by atoms with Crippen LogP contribution in [0.15, 0.2) is 194 Å². The van der Waals surface area contributed by atoms with Gasteiger partial charge < -0.3 is 0 Å². The summed E-state index contributed by atoms with van der Waals surface area (Å²) in [5.74, 6) is 4.91. The molecule has 0 aromatic heterocycles. The topological polar surface area (TPSA) is 0 Å². The van der Waals surface area contributed by atoms with Crippen molar-refractivity contribution in [1.29, 1.82) is 0 Å². The molecule has 0 heteroatoms. The first kappa shape index (κ1) is 74.7. The van der Waals surface area contributed by atoms with E-state index in [0.29, 0.717) is 47.3 Å². The lowest BCUT2D eigenvalue weighted by atomic mass is 9.69. The maximum Gasteiger partial charge on any atom is 0.0215 e. The van der Waals surface area contributed by atoms with E-state index in [1.165, 1.54) is 207 Å².